The number of methoxy groups -OCH3 is 1. The summed E-state index contributed by atoms with van der Waals surface area (Å²) in [6.45, 7) is 0.418. The van der Waals surface area contributed by atoms with Crippen molar-refractivity contribution in [3.63, 3.8) is 0 Å². The van der Waals surface area contributed by atoms with Gasteiger partial charge in [0.1, 0.15) is 5.69 Å². The number of carboxylic acid groups (broad SMARTS) is 1. The van der Waals surface area contributed by atoms with Crippen LogP contribution in [0, 0.1) is 5.82 Å². The summed E-state index contributed by atoms with van der Waals surface area (Å²) >= 11 is 0. The number of aromatic nitrogens is 1. The molecule has 0 spiro atoms. The molecule has 1 heterocycles. The highest BCUT2D eigenvalue weighted by molar-refractivity contribution is 6.08. The third-order valence-electron chi connectivity index (χ3n) is 4.80. The standard InChI is InChI=1S/C23H18FNO3/c1-28-20-13-16(11-12-18(20)24)21-17-9-5-6-10-19(17)25(22(21)23(26)27)14-15-7-3-2-4-8-15/h2-13H,14H2,1H3,(H,26,27). The van der Waals surface area contributed by atoms with Gasteiger partial charge in [0.2, 0.25) is 0 Å². The average molecular weight is 375 g/mol. The van der Waals surface area contributed by atoms with Gasteiger partial charge in [-0.15, -0.1) is 0 Å². The highest BCUT2D eigenvalue weighted by Gasteiger charge is 2.24. The first-order chi connectivity index (χ1) is 13.6. The van der Waals surface area contributed by atoms with Crippen LogP contribution in [-0.4, -0.2) is 22.8 Å². The molecule has 0 fully saturated rings. The summed E-state index contributed by atoms with van der Waals surface area (Å²) in [6.07, 6.45) is 0. The number of halogens is 1. The van der Waals surface area contributed by atoms with Crippen LogP contribution in [0.25, 0.3) is 22.0 Å². The molecular weight excluding hydrogens is 357 g/mol. The number of hydrogen-bond donors (Lipinski definition) is 1. The molecule has 0 aliphatic carbocycles. The molecule has 0 amide bonds. The average Bonchev–Trinajstić information content (AvgIpc) is 3.04. The van der Waals surface area contributed by atoms with Gasteiger partial charge in [-0.2, -0.15) is 0 Å². The van der Waals surface area contributed by atoms with E-state index in [0.717, 1.165) is 16.5 Å². The minimum Gasteiger partial charge on any atom is -0.494 e. The fourth-order valence-corrected chi connectivity index (χ4v) is 3.56. The van der Waals surface area contributed by atoms with Gasteiger partial charge in [-0.05, 0) is 29.3 Å². The first kappa shape index (κ1) is 17.8. The van der Waals surface area contributed by atoms with Crippen molar-refractivity contribution in [2.75, 3.05) is 7.11 Å². The van der Waals surface area contributed by atoms with Gasteiger partial charge in [0.25, 0.3) is 0 Å². The maximum Gasteiger partial charge on any atom is 0.353 e. The Morgan fingerprint density at radius 2 is 1.75 bits per heavy atom. The Labute approximate surface area is 161 Å². The molecule has 0 unspecified atom stereocenters. The van der Waals surface area contributed by atoms with Crippen molar-refractivity contribution in [2.24, 2.45) is 0 Å². The van der Waals surface area contributed by atoms with E-state index >= 15 is 0 Å². The van der Waals surface area contributed by atoms with Gasteiger partial charge >= 0.3 is 5.97 Å². The maximum atomic E-state index is 13.9. The zero-order chi connectivity index (χ0) is 19.7. The van der Waals surface area contributed by atoms with Crippen LogP contribution in [-0.2, 0) is 6.54 Å². The van der Waals surface area contributed by atoms with Crippen LogP contribution in [0.4, 0.5) is 4.39 Å². The van der Waals surface area contributed by atoms with E-state index < -0.39 is 11.8 Å². The Morgan fingerprint density at radius 1 is 1.04 bits per heavy atom. The SMILES string of the molecule is COc1cc(-c2c(C(=O)O)n(Cc3ccccc3)c3ccccc23)ccc1F. The molecule has 0 aliphatic heterocycles. The number of para-hydroxylation sites is 1. The largest absolute Gasteiger partial charge is 0.494 e. The fourth-order valence-electron chi connectivity index (χ4n) is 3.56. The normalized spacial score (nSPS) is 10.9. The third-order valence-corrected chi connectivity index (χ3v) is 4.80. The van der Waals surface area contributed by atoms with Crippen LogP contribution in [0.2, 0.25) is 0 Å². The molecule has 1 N–H and O–H groups in total. The van der Waals surface area contributed by atoms with Crippen LogP contribution < -0.4 is 4.74 Å². The first-order valence-corrected chi connectivity index (χ1v) is 8.82. The predicted molar refractivity (Wildman–Crippen MR) is 106 cm³/mol. The van der Waals surface area contributed by atoms with E-state index in [9.17, 15) is 14.3 Å². The number of carbonyl (C=O) groups is 1. The van der Waals surface area contributed by atoms with Crippen molar-refractivity contribution < 1.29 is 19.0 Å². The smallest absolute Gasteiger partial charge is 0.353 e. The quantitative estimate of drug-likeness (QED) is 0.521. The van der Waals surface area contributed by atoms with Crippen molar-refractivity contribution in [3.8, 4) is 16.9 Å². The second-order valence-corrected chi connectivity index (χ2v) is 6.47. The van der Waals surface area contributed by atoms with Gasteiger partial charge < -0.3 is 14.4 Å². The summed E-state index contributed by atoms with van der Waals surface area (Å²) in [5, 5.41) is 10.8. The number of rotatable bonds is 5. The topological polar surface area (TPSA) is 51.5 Å². The molecular formula is C23H18FNO3. The second-order valence-electron chi connectivity index (χ2n) is 6.47. The third kappa shape index (κ3) is 3.01. The number of benzene rings is 3. The lowest BCUT2D eigenvalue weighted by atomic mass is 10.0. The number of nitrogens with zero attached hydrogens (tertiary/aromatic N) is 1. The number of ether oxygens (including phenoxy) is 1. The lowest BCUT2D eigenvalue weighted by molar-refractivity contribution is 0.0687. The van der Waals surface area contributed by atoms with E-state index in [0.29, 0.717) is 17.7 Å². The Hall–Kier alpha value is -3.60. The molecule has 1 aromatic heterocycles. The molecule has 4 aromatic rings. The molecule has 0 radical (unpaired) electrons. The molecule has 0 aliphatic rings. The van der Waals surface area contributed by atoms with Crippen LogP contribution in [0.1, 0.15) is 16.1 Å². The lowest BCUT2D eigenvalue weighted by Gasteiger charge is -2.10. The van der Waals surface area contributed by atoms with E-state index in [1.54, 1.807) is 10.6 Å². The predicted octanol–water partition coefficient (Wildman–Crippen LogP) is 5.20. The van der Waals surface area contributed by atoms with Gasteiger partial charge in [0.05, 0.1) is 7.11 Å². The van der Waals surface area contributed by atoms with Crippen molar-refractivity contribution in [1.82, 2.24) is 4.57 Å². The van der Waals surface area contributed by atoms with Gasteiger partial charge in [0.15, 0.2) is 11.6 Å². The summed E-state index contributed by atoms with van der Waals surface area (Å²) in [7, 11) is 1.39. The zero-order valence-corrected chi connectivity index (χ0v) is 15.2. The van der Waals surface area contributed by atoms with Crippen LogP contribution in [0.3, 0.4) is 0 Å². The first-order valence-electron chi connectivity index (χ1n) is 8.82. The number of carboxylic acids is 1. The molecule has 28 heavy (non-hydrogen) atoms. The Bertz CT molecular complexity index is 1170. The monoisotopic (exact) mass is 375 g/mol. The van der Waals surface area contributed by atoms with E-state index in [1.807, 2.05) is 54.6 Å². The summed E-state index contributed by atoms with van der Waals surface area (Å²) in [6, 6.07) is 21.6. The molecule has 0 saturated heterocycles. The maximum absolute atomic E-state index is 13.9. The van der Waals surface area contributed by atoms with Crippen LogP contribution in [0.5, 0.6) is 5.75 Å². The van der Waals surface area contributed by atoms with Gasteiger partial charge in [-0.25, -0.2) is 9.18 Å². The van der Waals surface area contributed by atoms with E-state index in [2.05, 4.69) is 0 Å². The Balaban J connectivity index is 2.01. The van der Waals surface area contributed by atoms with Crippen molar-refractivity contribution >= 4 is 16.9 Å². The summed E-state index contributed by atoms with van der Waals surface area (Å²) < 4.78 is 20.8. The molecule has 0 saturated carbocycles. The van der Waals surface area contributed by atoms with Crippen molar-refractivity contribution in [2.45, 2.75) is 6.54 Å². The van der Waals surface area contributed by atoms with E-state index in [4.69, 9.17) is 4.74 Å². The summed E-state index contributed by atoms with van der Waals surface area (Å²) in [4.78, 5) is 12.3. The van der Waals surface area contributed by atoms with Gasteiger partial charge in [-0.1, -0.05) is 54.6 Å². The summed E-state index contributed by atoms with van der Waals surface area (Å²) in [5.41, 5.74) is 3.12. The molecule has 140 valence electrons. The molecule has 0 bridgehead atoms. The van der Waals surface area contributed by atoms with Gasteiger partial charge in [-0.3, -0.25) is 0 Å². The molecule has 4 nitrogen and oxygen atoms in total. The van der Waals surface area contributed by atoms with Crippen molar-refractivity contribution in [3.05, 3.63) is 89.9 Å². The van der Waals surface area contributed by atoms with Gasteiger partial charge in [0, 0.05) is 23.0 Å². The Kier molecular flexibility index (Phi) is 4.57. The molecule has 3 aromatic carbocycles. The fraction of sp³-hybridized carbons (Fsp3) is 0.0870. The minimum atomic E-state index is -1.04. The number of fused-ring (bicyclic) bond motifs is 1. The van der Waals surface area contributed by atoms with Crippen LogP contribution in [0.15, 0.2) is 72.8 Å². The molecule has 5 heteroatoms. The second kappa shape index (κ2) is 7.19. The zero-order valence-electron chi connectivity index (χ0n) is 15.2. The summed E-state index contributed by atoms with van der Waals surface area (Å²) in [5.74, 6) is -1.45. The van der Waals surface area contributed by atoms with E-state index in [1.165, 1.54) is 19.2 Å². The molecule has 0 atom stereocenters. The number of hydrogen-bond acceptors (Lipinski definition) is 2. The molecule has 4 rings (SSSR count). The highest BCUT2D eigenvalue weighted by Crippen LogP contribution is 2.37. The van der Waals surface area contributed by atoms with Crippen LogP contribution >= 0.6 is 0 Å². The highest BCUT2D eigenvalue weighted by atomic mass is 19.1. The minimum absolute atomic E-state index is 0.0775. The van der Waals surface area contributed by atoms with Crippen molar-refractivity contribution in [1.29, 1.82) is 0 Å². The number of aromatic carboxylic acids is 1. The Morgan fingerprint density at radius 3 is 2.46 bits per heavy atom. The van der Waals surface area contributed by atoms with E-state index in [-0.39, 0.29) is 11.4 Å². The lowest BCUT2D eigenvalue weighted by Crippen LogP contribution is -2.10.